The van der Waals surface area contributed by atoms with Crippen LogP contribution in [0, 0.1) is 0 Å². The summed E-state index contributed by atoms with van der Waals surface area (Å²) in [7, 11) is 0. The molecule has 0 saturated carbocycles. The highest BCUT2D eigenvalue weighted by atomic mass is 35.5. The van der Waals surface area contributed by atoms with Gasteiger partial charge in [-0.05, 0) is 18.2 Å². The first-order valence-electron chi connectivity index (χ1n) is 5.30. The lowest BCUT2D eigenvalue weighted by Crippen LogP contribution is -3.00. The molecule has 3 heterocycles. The van der Waals surface area contributed by atoms with Crippen LogP contribution in [-0.2, 0) is 6.18 Å². The van der Waals surface area contributed by atoms with Crippen LogP contribution in [0.15, 0.2) is 43.0 Å². The van der Waals surface area contributed by atoms with E-state index in [-0.39, 0.29) is 18.2 Å². The summed E-state index contributed by atoms with van der Waals surface area (Å²) in [6.45, 7) is 0. The fraction of sp³-hybridized carbons (Fsp3) is 0.0909. The van der Waals surface area contributed by atoms with Gasteiger partial charge >= 0.3 is 6.18 Å². The average molecular weight is 302 g/mol. The van der Waals surface area contributed by atoms with Gasteiger partial charge in [0.05, 0.1) is 6.20 Å². The van der Waals surface area contributed by atoms with Crippen molar-refractivity contribution in [2.24, 2.45) is 0 Å². The van der Waals surface area contributed by atoms with Crippen molar-refractivity contribution in [3.63, 3.8) is 0 Å². The SMILES string of the molecule is FC(F)(F)c1cccnc1-[n+]1ncn2ncccc21.[Cl-]. The molecule has 0 aliphatic heterocycles. The van der Waals surface area contributed by atoms with E-state index in [1.165, 1.54) is 29.3 Å². The summed E-state index contributed by atoms with van der Waals surface area (Å²) < 4.78 is 41.3. The van der Waals surface area contributed by atoms with Crippen molar-refractivity contribution in [2.45, 2.75) is 6.18 Å². The molecule has 3 aromatic rings. The monoisotopic (exact) mass is 301 g/mol. The number of alkyl halides is 3. The van der Waals surface area contributed by atoms with Gasteiger partial charge in [0.25, 0.3) is 11.5 Å². The molecular weight excluding hydrogens is 295 g/mol. The van der Waals surface area contributed by atoms with Crippen LogP contribution < -0.4 is 17.1 Å². The Hall–Kier alpha value is -2.22. The van der Waals surface area contributed by atoms with E-state index in [2.05, 4.69) is 15.2 Å². The minimum absolute atomic E-state index is 0. The Morgan fingerprint density at radius 1 is 1.10 bits per heavy atom. The quantitative estimate of drug-likeness (QED) is 0.510. The number of hydrogen-bond donors (Lipinski definition) is 0. The molecular formula is C11H7ClF3N5. The lowest BCUT2D eigenvalue weighted by Gasteiger charge is -2.06. The van der Waals surface area contributed by atoms with Crippen molar-refractivity contribution >= 4 is 5.65 Å². The van der Waals surface area contributed by atoms with Gasteiger partial charge in [-0.1, -0.05) is 9.78 Å². The summed E-state index contributed by atoms with van der Waals surface area (Å²) in [5.41, 5.74) is -0.448. The van der Waals surface area contributed by atoms with Gasteiger partial charge in [0.2, 0.25) is 6.33 Å². The van der Waals surface area contributed by atoms with Crippen LogP contribution in [0.2, 0.25) is 0 Å². The van der Waals surface area contributed by atoms with Crippen molar-refractivity contribution in [1.82, 2.24) is 19.7 Å². The Balaban J connectivity index is 0.00000147. The van der Waals surface area contributed by atoms with Gasteiger partial charge in [-0.3, -0.25) is 0 Å². The molecule has 0 unspecified atom stereocenters. The number of rotatable bonds is 1. The molecule has 0 fully saturated rings. The van der Waals surface area contributed by atoms with Gasteiger partial charge in [-0.2, -0.15) is 13.2 Å². The maximum atomic E-state index is 12.9. The van der Waals surface area contributed by atoms with E-state index in [1.807, 2.05) is 0 Å². The van der Waals surface area contributed by atoms with Crippen LogP contribution in [0.3, 0.4) is 0 Å². The number of hydrogen-bond acceptors (Lipinski definition) is 3. The molecule has 3 aromatic heterocycles. The molecule has 0 spiro atoms. The number of pyridine rings is 1. The van der Waals surface area contributed by atoms with E-state index in [0.29, 0.717) is 5.65 Å². The summed E-state index contributed by atoms with van der Waals surface area (Å²) in [4.78, 5) is 3.78. The highest BCUT2D eigenvalue weighted by Gasteiger charge is 2.38. The van der Waals surface area contributed by atoms with Crippen LogP contribution in [0.25, 0.3) is 11.5 Å². The Morgan fingerprint density at radius 3 is 2.60 bits per heavy atom. The normalized spacial score (nSPS) is 11.3. The molecule has 9 heteroatoms. The van der Waals surface area contributed by atoms with Crippen LogP contribution in [0.1, 0.15) is 5.56 Å². The average Bonchev–Trinajstić information content (AvgIpc) is 2.81. The zero-order valence-corrected chi connectivity index (χ0v) is 10.5. The van der Waals surface area contributed by atoms with Crippen molar-refractivity contribution in [3.8, 4) is 5.82 Å². The second-order valence-electron chi connectivity index (χ2n) is 3.74. The molecule has 3 rings (SSSR count). The molecule has 0 radical (unpaired) electrons. The highest BCUT2D eigenvalue weighted by Crippen LogP contribution is 2.30. The highest BCUT2D eigenvalue weighted by molar-refractivity contribution is 5.34. The minimum Gasteiger partial charge on any atom is -1.00 e. The van der Waals surface area contributed by atoms with Gasteiger partial charge in [-0.25, -0.2) is 0 Å². The van der Waals surface area contributed by atoms with Gasteiger partial charge in [0.15, 0.2) is 0 Å². The fourth-order valence-electron chi connectivity index (χ4n) is 1.74. The van der Waals surface area contributed by atoms with Gasteiger partial charge in [0, 0.05) is 6.07 Å². The summed E-state index contributed by atoms with van der Waals surface area (Å²) in [6.07, 6.45) is -0.361. The molecule has 0 amide bonds. The van der Waals surface area contributed by atoms with Gasteiger partial charge in [-0.15, -0.1) is 14.6 Å². The summed E-state index contributed by atoms with van der Waals surface area (Å²) in [5, 5.41) is 7.84. The lowest BCUT2D eigenvalue weighted by atomic mass is 10.2. The summed E-state index contributed by atoms with van der Waals surface area (Å²) in [5.74, 6) is -0.273. The number of aromatic nitrogens is 5. The standard InChI is InChI=1S/C11H7F3N5.ClH/c12-11(13,14)8-3-1-5-15-10(8)19-9-4-2-6-16-18(9)7-17-19;/h1-7H;1H/q+1;/p-1. The van der Waals surface area contributed by atoms with Crippen molar-refractivity contribution in [2.75, 3.05) is 0 Å². The molecule has 20 heavy (non-hydrogen) atoms. The first-order valence-corrected chi connectivity index (χ1v) is 5.30. The molecule has 0 saturated heterocycles. The molecule has 0 aliphatic carbocycles. The van der Waals surface area contributed by atoms with E-state index in [1.54, 1.807) is 12.1 Å². The third kappa shape index (κ3) is 2.29. The molecule has 0 bridgehead atoms. The van der Waals surface area contributed by atoms with Crippen LogP contribution in [-0.4, -0.2) is 19.7 Å². The van der Waals surface area contributed by atoms with Crippen molar-refractivity contribution in [1.29, 1.82) is 0 Å². The van der Waals surface area contributed by atoms with Gasteiger partial charge in [0.1, 0.15) is 11.8 Å². The zero-order valence-electron chi connectivity index (χ0n) is 9.79. The Bertz CT molecular complexity index is 740. The molecule has 0 aliphatic rings. The van der Waals surface area contributed by atoms with Crippen molar-refractivity contribution in [3.05, 3.63) is 48.5 Å². The second kappa shape index (κ2) is 5.04. The predicted octanol–water partition coefficient (Wildman–Crippen LogP) is -1.58. The molecule has 5 nitrogen and oxygen atoms in total. The maximum Gasteiger partial charge on any atom is 0.422 e. The molecule has 104 valence electrons. The van der Waals surface area contributed by atoms with Crippen LogP contribution in [0.5, 0.6) is 0 Å². The third-order valence-corrected chi connectivity index (χ3v) is 2.54. The smallest absolute Gasteiger partial charge is 0.422 e. The van der Waals surface area contributed by atoms with E-state index in [9.17, 15) is 13.2 Å². The van der Waals surface area contributed by atoms with E-state index < -0.39 is 11.7 Å². The van der Waals surface area contributed by atoms with Gasteiger partial charge < -0.3 is 12.4 Å². The van der Waals surface area contributed by atoms with Crippen molar-refractivity contribution < 1.29 is 30.3 Å². The zero-order chi connectivity index (χ0) is 13.5. The Kier molecular flexibility index (Phi) is 3.58. The predicted molar refractivity (Wildman–Crippen MR) is 57.3 cm³/mol. The fourth-order valence-corrected chi connectivity index (χ4v) is 1.74. The topological polar surface area (TPSA) is 47.0 Å². The third-order valence-electron chi connectivity index (χ3n) is 2.54. The van der Waals surface area contributed by atoms with E-state index in [0.717, 1.165) is 10.7 Å². The Morgan fingerprint density at radius 2 is 1.85 bits per heavy atom. The molecule has 0 atom stereocenters. The number of halogens is 4. The van der Waals surface area contributed by atoms with E-state index >= 15 is 0 Å². The van der Waals surface area contributed by atoms with Crippen LogP contribution in [0.4, 0.5) is 13.2 Å². The Labute approximate surface area is 117 Å². The second-order valence-corrected chi connectivity index (χ2v) is 3.74. The first-order chi connectivity index (χ1) is 9.07. The number of nitrogens with zero attached hydrogens (tertiary/aromatic N) is 5. The van der Waals surface area contributed by atoms with Crippen LogP contribution >= 0.6 is 0 Å². The molecule has 0 N–H and O–H groups in total. The maximum absolute atomic E-state index is 12.9. The van der Waals surface area contributed by atoms with E-state index in [4.69, 9.17) is 0 Å². The minimum atomic E-state index is -4.49. The lowest BCUT2D eigenvalue weighted by molar-refractivity contribution is -0.636. The largest absolute Gasteiger partial charge is 1.00 e. The summed E-state index contributed by atoms with van der Waals surface area (Å²) >= 11 is 0. The molecule has 0 aromatic carbocycles. The first kappa shape index (κ1) is 14.2. The number of fused-ring (bicyclic) bond motifs is 1. The summed E-state index contributed by atoms with van der Waals surface area (Å²) in [6, 6.07) is 5.43.